The minimum Gasteiger partial charge on any atom is -0.380 e. The summed E-state index contributed by atoms with van der Waals surface area (Å²) >= 11 is 0. The van der Waals surface area contributed by atoms with Crippen LogP contribution in [0.4, 0.5) is 0 Å². The summed E-state index contributed by atoms with van der Waals surface area (Å²) in [6.07, 6.45) is 0. The number of aliphatic hydroxyl groups is 1. The topological polar surface area (TPSA) is 63.3 Å². The zero-order valence-corrected chi connectivity index (χ0v) is 6.93. The van der Waals surface area contributed by atoms with Crippen LogP contribution in [0.1, 0.15) is 27.7 Å². The van der Waals surface area contributed by atoms with E-state index in [2.05, 4.69) is 0 Å². The molecule has 0 aromatic rings. The smallest absolute Gasteiger partial charge is 0.249 e. The van der Waals surface area contributed by atoms with Crippen molar-refractivity contribution in [2.75, 3.05) is 0 Å². The summed E-state index contributed by atoms with van der Waals surface area (Å²) in [7, 11) is 0. The van der Waals surface area contributed by atoms with E-state index in [9.17, 15) is 9.90 Å². The molecule has 1 atom stereocenters. The molecule has 0 aliphatic carbocycles. The lowest BCUT2D eigenvalue weighted by Gasteiger charge is -2.33. The number of hydrogen-bond donors (Lipinski definition) is 2. The third kappa shape index (κ3) is 1.48. The molecule has 3 heteroatoms. The third-order valence-corrected chi connectivity index (χ3v) is 1.94. The first-order valence-electron chi connectivity index (χ1n) is 3.22. The van der Waals surface area contributed by atoms with E-state index in [1.165, 1.54) is 6.92 Å². The lowest BCUT2D eigenvalue weighted by atomic mass is 9.77. The molecule has 0 rings (SSSR count). The number of carbonyl (C=O) groups is 1. The van der Waals surface area contributed by atoms with Gasteiger partial charge in [-0.1, -0.05) is 20.8 Å². The highest BCUT2D eigenvalue weighted by Crippen LogP contribution is 2.28. The van der Waals surface area contributed by atoms with E-state index in [-0.39, 0.29) is 0 Å². The molecule has 0 fully saturated rings. The van der Waals surface area contributed by atoms with Gasteiger partial charge in [-0.15, -0.1) is 0 Å². The van der Waals surface area contributed by atoms with Crippen molar-refractivity contribution in [3.8, 4) is 0 Å². The monoisotopic (exact) mass is 145 g/mol. The average Bonchev–Trinajstić information content (AvgIpc) is 1.62. The minimum absolute atomic E-state index is 0.501. The van der Waals surface area contributed by atoms with Gasteiger partial charge in [0.25, 0.3) is 0 Å². The number of hydrogen-bond acceptors (Lipinski definition) is 2. The van der Waals surface area contributed by atoms with Crippen molar-refractivity contribution in [3.05, 3.63) is 0 Å². The Balaban J connectivity index is 4.57. The first-order valence-corrected chi connectivity index (χ1v) is 3.22. The lowest BCUT2D eigenvalue weighted by Crippen LogP contribution is -2.50. The molecule has 0 heterocycles. The fraction of sp³-hybridized carbons (Fsp3) is 0.857. The summed E-state index contributed by atoms with van der Waals surface area (Å²) < 4.78 is 0. The minimum atomic E-state index is -1.42. The van der Waals surface area contributed by atoms with Crippen molar-refractivity contribution in [1.29, 1.82) is 0 Å². The van der Waals surface area contributed by atoms with Crippen molar-refractivity contribution in [1.82, 2.24) is 0 Å². The normalized spacial score (nSPS) is 18.1. The molecule has 0 aliphatic rings. The number of carbonyl (C=O) groups excluding carboxylic acids is 1. The Morgan fingerprint density at radius 1 is 1.30 bits per heavy atom. The molecule has 0 saturated carbocycles. The summed E-state index contributed by atoms with van der Waals surface area (Å²) in [5, 5.41) is 9.45. The van der Waals surface area contributed by atoms with E-state index in [4.69, 9.17) is 5.73 Å². The van der Waals surface area contributed by atoms with E-state index < -0.39 is 16.9 Å². The molecular weight excluding hydrogens is 130 g/mol. The Hall–Kier alpha value is -0.570. The number of primary amides is 1. The molecular formula is C7H15NO2. The Morgan fingerprint density at radius 3 is 1.60 bits per heavy atom. The molecule has 0 aromatic carbocycles. The third-order valence-electron chi connectivity index (χ3n) is 1.94. The van der Waals surface area contributed by atoms with Crippen molar-refractivity contribution in [2.24, 2.45) is 11.1 Å². The van der Waals surface area contributed by atoms with E-state index in [0.29, 0.717) is 0 Å². The van der Waals surface area contributed by atoms with Gasteiger partial charge in [0.05, 0.1) is 0 Å². The van der Waals surface area contributed by atoms with Crippen molar-refractivity contribution < 1.29 is 9.90 Å². The number of rotatable bonds is 1. The first-order chi connectivity index (χ1) is 4.19. The molecule has 0 spiro atoms. The summed E-state index contributed by atoms with van der Waals surface area (Å²) in [5.74, 6) is -0.681. The van der Waals surface area contributed by atoms with Crippen molar-refractivity contribution >= 4 is 5.91 Å². The largest absolute Gasteiger partial charge is 0.380 e. The van der Waals surface area contributed by atoms with Crippen molar-refractivity contribution in [2.45, 2.75) is 33.3 Å². The zero-order chi connectivity index (χ0) is 8.58. The number of amides is 1. The summed E-state index contributed by atoms with van der Waals surface area (Å²) in [6.45, 7) is 6.71. The fourth-order valence-corrected chi connectivity index (χ4v) is 0.370. The van der Waals surface area contributed by atoms with E-state index in [1.54, 1.807) is 20.8 Å². The summed E-state index contributed by atoms with van der Waals surface area (Å²) in [4.78, 5) is 10.6. The maximum atomic E-state index is 10.6. The predicted octanol–water partition coefficient (Wildman–Crippen LogP) is 0.269. The molecule has 1 unspecified atom stereocenters. The Labute approximate surface area is 61.2 Å². The van der Waals surface area contributed by atoms with Gasteiger partial charge in [0.2, 0.25) is 5.91 Å². The first kappa shape index (κ1) is 9.43. The van der Waals surface area contributed by atoms with Crippen LogP contribution in [-0.2, 0) is 4.79 Å². The SMILES string of the molecule is CC(C)(C)C(C)(O)C(N)=O. The van der Waals surface area contributed by atoms with Gasteiger partial charge < -0.3 is 10.8 Å². The lowest BCUT2D eigenvalue weighted by molar-refractivity contribution is -0.145. The highest BCUT2D eigenvalue weighted by atomic mass is 16.3. The molecule has 10 heavy (non-hydrogen) atoms. The Bertz CT molecular complexity index is 144. The molecule has 0 radical (unpaired) electrons. The van der Waals surface area contributed by atoms with Gasteiger partial charge in [0.15, 0.2) is 0 Å². The predicted molar refractivity (Wildman–Crippen MR) is 39.3 cm³/mol. The molecule has 3 nitrogen and oxygen atoms in total. The average molecular weight is 145 g/mol. The van der Waals surface area contributed by atoms with E-state index in [0.717, 1.165) is 0 Å². The van der Waals surface area contributed by atoms with Crippen LogP contribution in [0.15, 0.2) is 0 Å². The summed E-state index contributed by atoms with van der Waals surface area (Å²) in [5.41, 5.74) is 3.04. The molecule has 3 N–H and O–H groups in total. The van der Waals surface area contributed by atoms with Crippen LogP contribution >= 0.6 is 0 Å². The van der Waals surface area contributed by atoms with E-state index >= 15 is 0 Å². The second-order valence-electron chi connectivity index (χ2n) is 3.69. The van der Waals surface area contributed by atoms with Crippen LogP contribution in [-0.4, -0.2) is 16.6 Å². The zero-order valence-electron chi connectivity index (χ0n) is 6.93. The van der Waals surface area contributed by atoms with Gasteiger partial charge in [-0.05, 0) is 12.3 Å². The van der Waals surface area contributed by atoms with Crippen LogP contribution in [0.2, 0.25) is 0 Å². The molecule has 0 aromatic heterocycles. The molecule has 0 bridgehead atoms. The standard InChI is InChI=1S/C7H15NO2/c1-6(2,3)7(4,10)5(8)9/h10H,1-4H3,(H2,8,9). The molecule has 60 valence electrons. The maximum absolute atomic E-state index is 10.6. The molecule has 1 amide bonds. The van der Waals surface area contributed by atoms with Gasteiger partial charge in [0.1, 0.15) is 5.60 Å². The van der Waals surface area contributed by atoms with Gasteiger partial charge in [-0.2, -0.15) is 0 Å². The second-order valence-corrected chi connectivity index (χ2v) is 3.69. The fourth-order valence-electron chi connectivity index (χ4n) is 0.370. The van der Waals surface area contributed by atoms with Crippen LogP contribution in [0.5, 0.6) is 0 Å². The second kappa shape index (κ2) is 2.23. The van der Waals surface area contributed by atoms with Gasteiger partial charge in [0, 0.05) is 0 Å². The summed E-state index contributed by atoms with van der Waals surface area (Å²) in [6, 6.07) is 0. The maximum Gasteiger partial charge on any atom is 0.249 e. The molecule has 0 saturated heterocycles. The highest BCUT2D eigenvalue weighted by molar-refractivity contribution is 5.83. The Kier molecular flexibility index (Phi) is 2.11. The van der Waals surface area contributed by atoms with Crippen LogP contribution in [0.25, 0.3) is 0 Å². The van der Waals surface area contributed by atoms with Crippen LogP contribution in [0, 0.1) is 5.41 Å². The van der Waals surface area contributed by atoms with Gasteiger partial charge >= 0.3 is 0 Å². The van der Waals surface area contributed by atoms with Crippen LogP contribution < -0.4 is 5.73 Å². The van der Waals surface area contributed by atoms with Crippen molar-refractivity contribution in [3.63, 3.8) is 0 Å². The number of nitrogens with two attached hydrogens (primary N) is 1. The Morgan fingerprint density at radius 2 is 1.60 bits per heavy atom. The molecule has 0 aliphatic heterocycles. The van der Waals surface area contributed by atoms with Gasteiger partial charge in [-0.25, -0.2) is 0 Å². The van der Waals surface area contributed by atoms with Gasteiger partial charge in [-0.3, -0.25) is 4.79 Å². The quantitative estimate of drug-likeness (QED) is 0.556. The highest BCUT2D eigenvalue weighted by Gasteiger charge is 2.40. The van der Waals surface area contributed by atoms with Crippen LogP contribution in [0.3, 0.4) is 0 Å². The van der Waals surface area contributed by atoms with E-state index in [1.807, 2.05) is 0 Å².